The van der Waals surface area contributed by atoms with E-state index in [-0.39, 0.29) is 18.4 Å². The Morgan fingerprint density at radius 1 is 1.33 bits per heavy atom. The summed E-state index contributed by atoms with van der Waals surface area (Å²) in [7, 11) is 0. The molecule has 3 rings (SSSR count). The third-order valence-corrected chi connectivity index (χ3v) is 4.18. The third-order valence-electron chi connectivity index (χ3n) is 4.18. The molecule has 0 amide bonds. The van der Waals surface area contributed by atoms with Gasteiger partial charge < -0.3 is 16.0 Å². The van der Waals surface area contributed by atoms with Gasteiger partial charge in [0.15, 0.2) is 0 Å². The third kappa shape index (κ3) is 3.14. The quantitative estimate of drug-likeness (QED) is 0.899. The Bertz CT molecular complexity index is 548. The molecule has 1 heterocycles. The summed E-state index contributed by atoms with van der Waals surface area (Å²) >= 11 is 0. The smallest absolute Gasteiger partial charge is 0.129 e. The number of nitrogens with one attached hydrogen (secondary N) is 1. The van der Waals surface area contributed by atoms with E-state index in [9.17, 15) is 8.78 Å². The Kier molecular flexibility index (Phi) is 5.06. The maximum Gasteiger partial charge on any atom is 0.129 e. The van der Waals surface area contributed by atoms with Crippen molar-refractivity contribution in [3.8, 4) is 0 Å². The Labute approximate surface area is 129 Å². The maximum atomic E-state index is 13.7. The normalized spacial score (nSPS) is 20.4. The van der Waals surface area contributed by atoms with Crippen LogP contribution in [0.2, 0.25) is 0 Å². The van der Waals surface area contributed by atoms with Gasteiger partial charge in [0.1, 0.15) is 11.6 Å². The number of benzene rings is 1. The first-order chi connectivity index (χ1) is 9.69. The zero-order chi connectivity index (χ0) is 14.1. The standard InChI is InChI=1S/C15H19F2N3.ClH/c16-11-5-10-6-12(1-2-14(10)15(17)7-11)20-9-19-8-13(20)3-4-18;/h5,7-8,12,19H,1-4,6,9,18H2;1H/t12-;/m0./s1. The van der Waals surface area contributed by atoms with Crippen LogP contribution >= 0.6 is 12.4 Å². The van der Waals surface area contributed by atoms with Gasteiger partial charge in [-0.05, 0) is 43.0 Å². The van der Waals surface area contributed by atoms with Gasteiger partial charge in [-0.15, -0.1) is 12.4 Å². The molecule has 2 aliphatic rings. The lowest BCUT2D eigenvalue weighted by molar-refractivity contribution is 0.235. The van der Waals surface area contributed by atoms with Crippen LogP contribution in [0.15, 0.2) is 24.0 Å². The Hall–Kier alpha value is -1.33. The Morgan fingerprint density at radius 2 is 2.14 bits per heavy atom. The van der Waals surface area contributed by atoms with Crippen LogP contribution in [0.1, 0.15) is 24.0 Å². The van der Waals surface area contributed by atoms with Crippen molar-refractivity contribution in [1.82, 2.24) is 10.2 Å². The summed E-state index contributed by atoms with van der Waals surface area (Å²) in [6, 6.07) is 2.74. The SMILES string of the molecule is Cl.NCCC1=CNCN1[C@H]1CCc2c(F)cc(F)cc2C1. The molecule has 3 nitrogen and oxygen atoms in total. The molecule has 1 atom stereocenters. The fourth-order valence-electron chi connectivity index (χ4n) is 3.23. The highest BCUT2D eigenvalue weighted by Gasteiger charge is 2.29. The molecule has 1 aliphatic heterocycles. The van der Waals surface area contributed by atoms with E-state index in [2.05, 4.69) is 10.2 Å². The minimum Gasteiger partial charge on any atom is -0.372 e. The lowest BCUT2D eigenvalue weighted by atomic mass is 9.87. The first kappa shape index (κ1) is 16.0. The van der Waals surface area contributed by atoms with Crippen molar-refractivity contribution in [2.75, 3.05) is 13.2 Å². The van der Waals surface area contributed by atoms with Gasteiger partial charge in [-0.2, -0.15) is 0 Å². The number of nitrogens with zero attached hydrogens (tertiary/aromatic N) is 1. The molecule has 1 aromatic carbocycles. The molecule has 0 spiro atoms. The number of rotatable bonds is 3. The molecular formula is C15H20ClF2N3. The predicted molar refractivity (Wildman–Crippen MR) is 81.0 cm³/mol. The highest BCUT2D eigenvalue weighted by Crippen LogP contribution is 2.30. The highest BCUT2D eigenvalue weighted by atomic mass is 35.5. The molecule has 1 aliphatic carbocycles. The maximum absolute atomic E-state index is 13.7. The minimum absolute atomic E-state index is 0. The van der Waals surface area contributed by atoms with Gasteiger partial charge in [0.2, 0.25) is 0 Å². The van der Waals surface area contributed by atoms with Crippen molar-refractivity contribution in [2.24, 2.45) is 5.73 Å². The molecule has 0 bridgehead atoms. The molecule has 0 saturated heterocycles. The second-order valence-electron chi connectivity index (χ2n) is 5.43. The Morgan fingerprint density at radius 3 is 2.90 bits per heavy atom. The molecule has 6 heteroatoms. The summed E-state index contributed by atoms with van der Waals surface area (Å²) in [4.78, 5) is 2.28. The van der Waals surface area contributed by atoms with Gasteiger partial charge in [0, 0.05) is 30.4 Å². The lowest BCUT2D eigenvalue weighted by Crippen LogP contribution is -2.39. The van der Waals surface area contributed by atoms with E-state index < -0.39 is 11.6 Å². The summed E-state index contributed by atoms with van der Waals surface area (Å²) in [5.74, 6) is -0.894. The largest absolute Gasteiger partial charge is 0.372 e. The van der Waals surface area contributed by atoms with Gasteiger partial charge in [0.25, 0.3) is 0 Å². The minimum atomic E-state index is -0.487. The lowest BCUT2D eigenvalue weighted by Gasteiger charge is -2.35. The molecule has 0 aromatic heterocycles. The van der Waals surface area contributed by atoms with E-state index in [4.69, 9.17) is 5.73 Å². The fourth-order valence-corrected chi connectivity index (χ4v) is 3.23. The summed E-state index contributed by atoms with van der Waals surface area (Å²) in [6.45, 7) is 1.36. The topological polar surface area (TPSA) is 41.3 Å². The van der Waals surface area contributed by atoms with Crippen molar-refractivity contribution < 1.29 is 8.78 Å². The molecular weight excluding hydrogens is 296 g/mol. The van der Waals surface area contributed by atoms with Crippen LogP contribution < -0.4 is 11.1 Å². The summed E-state index contributed by atoms with van der Waals surface area (Å²) < 4.78 is 27.1. The zero-order valence-electron chi connectivity index (χ0n) is 11.7. The Balaban J connectivity index is 0.00000161. The van der Waals surface area contributed by atoms with Crippen molar-refractivity contribution in [3.05, 3.63) is 46.8 Å². The molecule has 0 radical (unpaired) electrons. The van der Waals surface area contributed by atoms with Crippen LogP contribution in [-0.2, 0) is 12.8 Å². The van der Waals surface area contributed by atoms with Gasteiger partial charge in [-0.25, -0.2) is 8.78 Å². The molecule has 21 heavy (non-hydrogen) atoms. The average Bonchev–Trinajstić information content (AvgIpc) is 2.86. The molecule has 0 unspecified atom stereocenters. The number of fused-ring (bicyclic) bond motifs is 1. The first-order valence-electron chi connectivity index (χ1n) is 7.05. The van der Waals surface area contributed by atoms with Crippen LogP contribution in [0.25, 0.3) is 0 Å². The molecule has 1 aromatic rings. The second kappa shape index (κ2) is 6.62. The molecule has 0 saturated carbocycles. The summed E-state index contributed by atoms with van der Waals surface area (Å²) in [5, 5.41) is 3.21. The number of hydrogen-bond acceptors (Lipinski definition) is 3. The van der Waals surface area contributed by atoms with Gasteiger partial charge in [0.05, 0.1) is 6.67 Å². The molecule has 0 fully saturated rings. The van der Waals surface area contributed by atoms with Crippen LogP contribution in [0.3, 0.4) is 0 Å². The van der Waals surface area contributed by atoms with E-state index in [1.54, 1.807) is 0 Å². The first-order valence-corrected chi connectivity index (χ1v) is 7.05. The van der Waals surface area contributed by atoms with Crippen LogP contribution in [0, 0.1) is 11.6 Å². The molecule has 116 valence electrons. The van der Waals surface area contributed by atoms with Gasteiger partial charge in [-0.3, -0.25) is 0 Å². The van der Waals surface area contributed by atoms with Crippen molar-refractivity contribution >= 4 is 12.4 Å². The van der Waals surface area contributed by atoms with Crippen molar-refractivity contribution in [1.29, 1.82) is 0 Å². The van der Waals surface area contributed by atoms with E-state index in [0.717, 1.165) is 31.1 Å². The summed E-state index contributed by atoms with van der Waals surface area (Å²) in [5.41, 5.74) is 8.30. The zero-order valence-corrected chi connectivity index (χ0v) is 12.6. The van der Waals surface area contributed by atoms with E-state index >= 15 is 0 Å². The van der Waals surface area contributed by atoms with Crippen LogP contribution in [0.4, 0.5) is 8.78 Å². The van der Waals surface area contributed by atoms with Gasteiger partial charge >= 0.3 is 0 Å². The second-order valence-corrected chi connectivity index (χ2v) is 5.43. The van der Waals surface area contributed by atoms with E-state index in [1.165, 1.54) is 11.8 Å². The van der Waals surface area contributed by atoms with Crippen molar-refractivity contribution in [2.45, 2.75) is 31.7 Å². The predicted octanol–water partition coefficient (Wildman–Crippen LogP) is 2.30. The van der Waals surface area contributed by atoms with Crippen LogP contribution in [0.5, 0.6) is 0 Å². The fraction of sp³-hybridized carbons (Fsp3) is 0.467. The van der Waals surface area contributed by atoms with E-state index in [1.807, 2.05) is 6.20 Å². The monoisotopic (exact) mass is 315 g/mol. The number of halogens is 3. The number of hydrogen-bond donors (Lipinski definition) is 2. The summed E-state index contributed by atoms with van der Waals surface area (Å²) in [6.07, 6.45) is 5.06. The number of nitrogens with two attached hydrogens (primary N) is 1. The van der Waals surface area contributed by atoms with Crippen molar-refractivity contribution in [3.63, 3.8) is 0 Å². The molecule has 3 N–H and O–H groups in total. The van der Waals surface area contributed by atoms with Gasteiger partial charge in [-0.1, -0.05) is 0 Å². The average molecular weight is 316 g/mol. The highest BCUT2D eigenvalue weighted by molar-refractivity contribution is 5.85. The van der Waals surface area contributed by atoms with E-state index in [0.29, 0.717) is 24.9 Å². The van der Waals surface area contributed by atoms with Crippen LogP contribution in [-0.4, -0.2) is 24.2 Å².